The van der Waals surface area contributed by atoms with Crippen LogP contribution in [0.4, 0.5) is 0 Å². The second-order valence-corrected chi connectivity index (χ2v) is 4.83. The lowest BCUT2D eigenvalue weighted by atomic mass is 9.98. The van der Waals surface area contributed by atoms with Gasteiger partial charge in [0.25, 0.3) is 0 Å². The smallest absolute Gasteiger partial charge is 0.342 e. The Balaban J connectivity index is 2.35. The molecular weight excluding hydrogens is 228 g/mol. The molecule has 0 radical (unpaired) electrons. The van der Waals surface area contributed by atoms with Gasteiger partial charge in [-0.05, 0) is 25.7 Å². The van der Waals surface area contributed by atoms with E-state index in [1.807, 2.05) is 0 Å². The fraction of sp³-hybridized carbons (Fsp3) is 0.667. The fourth-order valence-corrected chi connectivity index (χ4v) is 2.06. The van der Waals surface area contributed by atoms with Gasteiger partial charge < -0.3 is 9.84 Å². The zero-order chi connectivity index (χ0) is 13.4. The number of carbonyl (C=O) groups is 1. The minimum Gasteiger partial charge on any atom is -0.427 e. The van der Waals surface area contributed by atoms with Crippen LogP contribution in [0.1, 0.15) is 58.3 Å². The van der Waals surface area contributed by atoms with Crippen LogP contribution in [0.15, 0.2) is 24.0 Å². The first kappa shape index (κ1) is 15.0. The maximum atomic E-state index is 11.3. The Morgan fingerprint density at radius 1 is 1.39 bits per heavy atom. The van der Waals surface area contributed by atoms with Crippen molar-refractivity contribution in [3.05, 3.63) is 24.0 Å². The highest BCUT2D eigenvalue weighted by molar-refractivity contribution is 5.95. The average molecular weight is 252 g/mol. The molecule has 0 aromatic heterocycles. The van der Waals surface area contributed by atoms with Gasteiger partial charge in [-0.2, -0.15) is 0 Å². The van der Waals surface area contributed by atoms with Gasteiger partial charge in [-0.3, -0.25) is 0 Å². The summed E-state index contributed by atoms with van der Waals surface area (Å²) in [5.41, 5.74) is 0.795. The van der Waals surface area contributed by atoms with Gasteiger partial charge in [0.05, 0.1) is 11.7 Å². The number of unbranched alkanes of at least 4 members (excludes halogenated alkanes) is 3. The number of aliphatic hydroxyl groups is 1. The molecule has 0 bridgehead atoms. The van der Waals surface area contributed by atoms with E-state index in [1.54, 1.807) is 6.08 Å². The summed E-state index contributed by atoms with van der Waals surface area (Å²) in [6, 6.07) is 0. The maximum absolute atomic E-state index is 11.3. The molecule has 3 heteroatoms. The van der Waals surface area contributed by atoms with Gasteiger partial charge in [0.2, 0.25) is 0 Å². The predicted octanol–water partition coefficient (Wildman–Crippen LogP) is 3.48. The van der Waals surface area contributed by atoms with Crippen molar-refractivity contribution in [2.75, 3.05) is 0 Å². The number of esters is 1. The molecule has 0 unspecified atom stereocenters. The van der Waals surface area contributed by atoms with Crippen LogP contribution in [0.3, 0.4) is 0 Å². The normalized spacial score (nSPS) is 16.2. The first-order valence-electron chi connectivity index (χ1n) is 6.92. The van der Waals surface area contributed by atoms with E-state index in [1.165, 1.54) is 12.8 Å². The molecule has 0 saturated heterocycles. The van der Waals surface area contributed by atoms with Gasteiger partial charge in [0.15, 0.2) is 0 Å². The molecule has 1 heterocycles. The summed E-state index contributed by atoms with van der Waals surface area (Å²) in [6.45, 7) is 5.79. The van der Waals surface area contributed by atoms with Crippen LogP contribution in [0.2, 0.25) is 0 Å². The summed E-state index contributed by atoms with van der Waals surface area (Å²) in [5.74, 6) is 0.505. The Kier molecular flexibility index (Phi) is 6.73. The van der Waals surface area contributed by atoms with E-state index in [4.69, 9.17) is 4.74 Å². The Morgan fingerprint density at radius 2 is 2.17 bits per heavy atom. The largest absolute Gasteiger partial charge is 0.427 e. The average Bonchev–Trinajstić information content (AvgIpc) is 2.35. The highest BCUT2D eigenvalue weighted by Crippen LogP contribution is 2.29. The number of hydrogen-bond acceptors (Lipinski definition) is 3. The number of ether oxygens (including phenoxy) is 1. The van der Waals surface area contributed by atoms with Crippen LogP contribution >= 0.6 is 0 Å². The van der Waals surface area contributed by atoms with Crippen LogP contribution in [-0.4, -0.2) is 17.2 Å². The lowest BCUT2D eigenvalue weighted by Crippen LogP contribution is -2.25. The standard InChI is InChI=1S/C15H24O3/c1-3-5-7-8-10-13-14(18-15(13)17)11-12(16)9-6-4-2/h4,12,16H,2-3,5-11H2,1H3/t12-/m0/s1. The molecule has 1 atom stereocenters. The molecule has 102 valence electrons. The molecule has 3 nitrogen and oxygen atoms in total. The topological polar surface area (TPSA) is 46.5 Å². The van der Waals surface area contributed by atoms with Crippen LogP contribution in [-0.2, 0) is 9.53 Å². The first-order chi connectivity index (χ1) is 8.69. The fourth-order valence-electron chi connectivity index (χ4n) is 2.06. The molecule has 1 N–H and O–H groups in total. The number of allylic oxidation sites excluding steroid dienone is 1. The summed E-state index contributed by atoms with van der Waals surface area (Å²) in [6.07, 6.45) is 8.65. The molecule has 0 aliphatic carbocycles. The number of hydrogen-bond donors (Lipinski definition) is 1. The van der Waals surface area contributed by atoms with E-state index in [2.05, 4.69) is 13.5 Å². The van der Waals surface area contributed by atoms with Gasteiger partial charge in [0.1, 0.15) is 5.76 Å². The summed E-state index contributed by atoms with van der Waals surface area (Å²) in [4.78, 5) is 11.3. The summed E-state index contributed by atoms with van der Waals surface area (Å²) in [7, 11) is 0. The van der Waals surface area contributed by atoms with Crippen molar-refractivity contribution < 1.29 is 14.6 Å². The SMILES string of the molecule is C=CCC[C@H](O)CC1=C(CCCCCC)C(=O)O1. The minimum atomic E-state index is -0.434. The molecule has 1 aliphatic heterocycles. The molecule has 1 aliphatic rings. The van der Waals surface area contributed by atoms with E-state index < -0.39 is 6.10 Å². The first-order valence-corrected chi connectivity index (χ1v) is 6.92. The van der Waals surface area contributed by atoms with Crippen molar-refractivity contribution in [1.29, 1.82) is 0 Å². The van der Waals surface area contributed by atoms with Gasteiger partial charge in [-0.25, -0.2) is 4.79 Å². The molecule has 0 amide bonds. The third-order valence-corrected chi connectivity index (χ3v) is 3.20. The predicted molar refractivity (Wildman–Crippen MR) is 71.9 cm³/mol. The third-order valence-electron chi connectivity index (χ3n) is 3.20. The van der Waals surface area contributed by atoms with E-state index in [0.717, 1.165) is 31.3 Å². The Labute approximate surface area is 110 Å². The zero-order valence-corrected chi connectivity index (χ0v) is 11.3. The van der Waals surface area contributed by atoms with Gasteiger partial charge in [0, 0.05) is 6.42 Å². The van der Waals surface area contributed by atoms with Crippen molar-refractivity contribution in [3.8, 4) is 0 Å². The quantitative estimate of drug-likeness (QED) is 0.368. The van der Waals surface area contributed by atoms with Gasteiger partial charge >= 0.3 is 5.97 Å². The van der Waals surface area contributed by atoms with E-state index in [-0.39, 0.29) is 5.97 Å². The molecule has 0 aromatic carbocycles. The van der Waals surface area contributed by atoms with Crippen LogP contribution in [0.5, 0.6) is 0 Å². The highest BCUT2D eigenvalue weighted by atomic mass is 16.6. The molecule has 0 saturated carbocycles. The molecule has 0 fully saturated rings. The maximum Gasteiger partial charge on any atom is 0.342 e. The van der Waals surface area contributed by atoms with Gasteiger partial charge in [-0.1, -0.05) is 32.3 Å². The van der Waals surface area contributed by atoms with Crippen LogP contribution in [0.25, 0.3) is 0 Å². The second-order valence-electron chi connectivity index (χ2n) is 4.83. The van der Waals surface area contributed by atoms with Crippen molar-refractivity contribution in [2.24, 2.45) is 0 Å². The Bertz CT molecular complexity index is 318. The Morgan fingerprint density at radius 3 is 2.78 bits per heavy atom. The van der Waals surface area contributed by atoms with Gasteiger partial charge in [-0.15, -0.1) is 6.58 Å². The summed E-state index contributed by atoms with van der Waals surface area (Å²) < 4.78 is 5.01. The Hall–Kier alpha value is -1.09. The van der Waals surface area contributed by atoms with Crippen molar-refractivity contribution >= 4 is 5.97 Å². The van der Waals surface area contributed by atoms with E-state index >= 15 is 0 Å². The lowest BCUT2D eigenvalue weighted by Gasteiger charge is -2.24. The molecule has 1 rings (SSSR count). The number of carbonyl (C=O) groups excluding carboxylic acids is 1. The minimum absolute atomic E-state index is 0.197. The highest BCUT2D eigenvalue weighted by Gasteiger charge is 2.30. The number of cyclic esters (lactones) is 1. The zero-order valence-electron chi connectivity index (χ0n) is 11.3. The van der Waals surface area contributed by atoms with E-state index in [9.17, 15) is 9.90 Å². The van der Waals surface area contributed by atoms with E-state index in [0.29, 0.717) is 18.6 Å². The van der Waals surface area contributed by atoms with Crippen molar-refractivity contribution in [1.82, 2.24) is 0 Å². The van der Waals surface area contributed by atoms with Crippen LogP contribution < -0.4 is 0 Å². The number of rotatable bonds is 10. The summed E-state index contributed by atoms with van der Waals surface area (Å²) in [5, 5.41) is 9.76. The molecule has 0 spiro atoms. The lowest BCUT2D eigenvalue weighted by molar-refractivity contribution is -0.141. The third kappa shape index (κ3) is 4.65. The second kappa shape index (κ2) is 8.09. The van der Waals surface area contributed by atoms with Crippen LogP contribution in [0, 0.1) is 0 Å². The monoisotopic (exact) mass is 252 g/mol. The summed E-state index contributed by atoms with van der Waals surface area (Å²) >= 11 is 0. The van der Waals surface area contributed by atoms with Crippen molar-refractivity contribution in [2.45, 2.75) is 64.4 Å². The van der Waals surface area contributed by atoms with Crippen molar-refractivity contribution in [3.63, 3.8) is 0 Å². The molecule has 18 heavy (non-hydrogen) atoms. The number of aliphatic hydroxyl groups excluding tert-OH is 1. The molecular formula is C15H24O3. The molecule has 0 aromatic rings.